The summed E-state index contributed by atoms with van der Waals surface area (Å²) < 4.78 is 18.1. The van der Waals surface area contributed by atoms with Gasteiger partial charge in [-0.1, -0.05) is 0 Å². The molecule has 2 amide bonds. The number of nitrogens with zero attached hydrogens (tertiary/aromatic N) is 1. The topological polar surface area (TPSA) is 75.7 Å². The third kappa shape index (κ3) is 3.25. The van der Waals surface area contributed by atoms with E-state index < -0.39 is 23.4 Å². The lowest BCUT2D eigenvalue weighted by molar-refractivity contribution is -0.122. The minimum absolute atomic E-state index is 0.119. The summed E-state index contributed by atoms with van der Waals surface area (Å²) in [4.78, 5) is 36.3. The van der Waals surface area contributed by atoms with Crippen LogP contribution >= 0.6 is 0 Å². The van der Waals surface area contributed by atoms with Crippen LogP contribution in [0.15, 0.2) is 18.2 Å². The van der Waals surface area contributed by atoms with E-state index in [-0.39, 0.29) is 17.8 Å². The second-order valence-corrected chi connectivity index (χ2v) is 4.58. The van der Waals surface area contributed by atoms with E-state index in [0.29, 0.717) is 19.6 Å². The highest BCUT2D eigenvalue weighted by Crippen LogP contribution is 2.29. The number of ether oxygens (including phenoxy) is 1. The number of methoxy groups -OCH3 is 1. The zero-order chi connectivity index (χ0) is 15.4. The lowest BCUT2D eigenvalue weighted by Crippen LogP contribution is -2.40. The van der Waals surface area contributed by atoms with E-state index in [4.69, 9.17) is 4.74 Å². The summed E-state index contributed by atoms with van der Waals surface area (Å²) in [6.45, 7) is 0.599. The van der Waals surface area contributed by atoms with Crippen molar-refractivity contribution in [2.24, 2.45) is 0 Å². The summed E-state index contributed by atoms with van der Waals surface area (Å²) in [5.74, 6) is -2.52. The van der Waals surface area contributed by atoms with E-state index in [1.807, 2.05) is 0 Å². The van der Waals surface area contributed by atoms with Gasteiger partial charge in [0.05, 0.1) is 11.3 Å². The molecule has 6 nitrogen and oxygen atoms in total. The maximum Gasteiger partial charge on any atom is 0.299 e. The van der Waals surface area contributed by atoms with Gasteiger partial charge in [-0.05, 0) is 24.6 Å². The smallest absolute Gasteiger partial charge is 0.299 e. The normalized spacial score (nSPS) is 13.5. The number of Topliss-reactive ketones (excluding diaryl/α,β-unsaturated/α-hetero) is 1. The molecular weight excluding hydrogens is 279 g/mol. The Morgan fingerprint density at radius 3 is 2.86 bits per heavy atom. The summed E-state index contributed by atoms with van der Waals surface area (Å²) in [7, 11) is 1.56. The standard InChI is InChI=1S/C14H15FN2O4/c1-21-6-2-5-16-12(18)8-17-11-7-9(15)3-4-10(11)13(19)14(17)20/h3-4,7H,2,5-6,8H2,1H3,(H,16,18). The van der Waals surface area contributed by atoms with Gasteiger partial charge < -0.3 is 10.1 Å². The summed E-state index contributed by atoms with van der Waals surface area (Å²) in [6.07, 6.45) is 0.639. The number of amides is 2. The van der Waals surface area contributed by atoms with Crippen molar-refractivity contribution in [3.05, 3.63) is 29.6 Å². The Kier molecular flexibility index (Phi) is 4.64. The van der Waals surface area contributed by atoms with E-state index in [9.17, 15) is 18.8 Å². The van der Waals surface area contributed by atoms with Gasteiger partial charge >= 0.3 is 0 Å². The number of carbonyl (C=O) groups is 3. The number of ketones is 1. The minimum Gasteiger partial charge on any atom is -0.385 e. The Morgan fingerprint density at radius 1 is 1.38 bits per heavy atom. The summed E-state index contributed by atoms with van der Waals surface area (Å²) in [5.41, 5.74) is 0.255. The highest BCUT2D eigenvalue weighted by Gasteiger charge is 2.36. The average Bonchev–Trinajstić information content (AvgIpc) is 2.68. The van der Waals surface area contributed by atoms with Gasteiger partial charge in [0.15, 0.2) is 0 Å². The molecule has 0 unspecified atom stereocenters. The molecule has 0 saturated carbocycles. The fraction of sp³-hybridized carbons (Fsp3) is 0.357. The van der Waals surface area contributed by atoms with Crippen molar-refractivity contribution in [3.8, 4) is 0 Å². The summed E-state index contributed by atoms with van der Waals surface area (Å²) >= 11 is 0. The van der Waals surface area contributed by atoms with Gasteiger partial charge in [0.2, 0.25) is 5.91 Å². The van der Waals surface area contributed by atoms with E-state index in [1.165, 1.54) is 6.07 Å². The quantitative estimate of drug-likeness (QED) is 0.612. The molecule has 0 bridgehead atoms. The molecule has 0 fully saturated rings. The highest BCUT2D eigenvalue weighted by molar-refractivity contribution is 6.52. The van der Waals surface area contributed by atoms with Crippen LogP contribution in [0.25, 0.3) is 0 Å². The first-order valence-electron chi connectivity index (χ1n) is 6.46. The molecule has 1 aromatic rings. The molecule has 0 aromatic heterocycles. The Morgan fingerprint density at radius 2 is 2.14 bits per heavy atom. The monoisotopic (exact) mass is 294 g/mol. The number of nitrogens with one attached hydrogen (secondary N) is 1. The molecule has 112 valence electrons. The van der Waals surface area contributed by atoms with Crippen molar-refractivity contribution in [2.75, 3.05) is 31.7 Å². The second-order valence-electron chi connectivity index (χ2n) is 4.58. The number of halogens is 1. The molecule has 0 radical (unpaired) electrons. The maximum atomic E-state index is 13.3. The molecule has 7 heteroatoms. The highest BCUT2D eigenvalue weighted by atomic mass is 19.1. The second kappa shape index (κ2) is 6.45. The zero-order valence-electron chi connectivity index (χ0n) is 11.5. The molecule has 1 N–H and O–H groups in total. The Bertz CT molecular complexity index is 588. The molecular formula is C14H15FN2O4. The van der Waals surface area contributed by atoms with Crippen LogP contribution in [0.5, 0.6) is 0 Å². The summed E-state index contributed by atoms with van der Waals surface area (Å²) in [6, 6.07) is 3.44. The first kappa shape index (κ1) is 15.1. The molecule has 1 heterocycles. The third-order valence-electron chi connectivity index (χ3n) is 3.08. The first-order valence-corrected chi connectivity index (χ1v) is 6.46. The Hall–Kier alpha value is -2.28. The van der Waals surface area contributed by atoms with E-state index in [0.717, 1.165) is 17.0 Å². The van der Waals surface area contributed by atoms with Crippen molar-refractivity contribution < 1.29 is 23.5 Å². The summed E-state index contributed by atoms with van der Waals surface area (Å²) in [5, 5.41) is 2.61. The molecule has 1 aliphatic rings. The van der Waals surface area contributed by atoms with E-state index in [1.54, 1.807) is 7.11 Å². The molecule has 0 spiro atoms. The van der Waals surface area contributed by atoms with Crippen LogP contribution in [0.4, 0.5) is 10.1 Å². The molecule has 1 aliphatic heterocycles. The lowest BCUT2D eigenvalue weighted by Gasteiger charge is -2.16. The van der Waals surface area contributed by atoms with Gasteiger partial charge in [0.25, 0.3) is 11.7 Å². The number of fused-ring (bicyclic) bond motifs is 1. The van der Waals surface area contributed by atoms with Crippen LogP contribution in [0.1, 0.15) is 16.8 Å². The van der Waals surface area contributed by atoms with Crippen molar-refractivity contribution >= 4 is 23.3 Å². The van der Waals surface area contributed by atoms with Crippen LogP contribution in [0.3, 0.4) is 0 Å². The van der Waals surface area contributed by atoms with Crippen molar-refractivity contribution in [2.45, 2.75) is 6.42 Å². The van der Waals surface area contributed by atoms with Crippen LogP contribution < -0.4 is 10.2 Å². The maximum absolute atomic E-state index is 13.3. The van der Waals surface area contributed by atoms with Crippen molar-refractivity contribution in [1.82, 2.24) is 5.32 Å². The number of carbonyl (C=O) groups excluding carboxylic acids is 3. The van der Waals surface area contributed by atoms with Gasteiger partial charge in [-0.2, -0.15) is 0 Å². The van der Waals surface area contributed by atoms with Crippen LogP contribution in [-0.2, 0) is 14.3 Å². The SMILES string of the molecule is COCCCNC(=O)CN1C(=O)C(=O)c2ccc(F)cc21. The predicted octanol–water partition coefficient (Wildman–Crippen LogP) is 0.508. The Balaban J connectivity index is 2.04. The number of benzene rings is 1. The Labute approximate surface area is 120 Å². The van der Waals surface area contributed by atoms with Crippen molar-refractivity contribution in [1.29, 1.82) is 0 Å². The fourth-order valence-corrected chi connectivity index (χ4v) is 2.07. The predicted molar refractivity (Wildman–Crippen MR) is 72.6 cm³/mol. The largest absolute Gasteiger partial charge is 0.385 e. The molecule has 0 aliphatic carbocycles. The van der Waals surface area contributed by atoms with Gasteiger partial charge in [0, 0.05) is 20.3 Å². The van der Waals surface area contributed by atoms with Gasteiger partial charge in [-0.15, -0.1) is 0 Å². The van der Waals surface area contributed by atoms with Crippen LogP contribution in [-0.4, -0.2) is 44.4 Å². The molecule has 2 rings (SSSR count). The van der Waals surface area contributed by atoms with Crippen molar-refractivity contribution in [3.63, 3.8) is 0 Å². The van der Waals surface area contributed by atoms with E-state index >= 15 is 0 Å². The van der Waals surface area contributed by atoms with Crippen LogP contribution in [0, 0.1) is 5.82 Å². The number of hydrogen-bond donors (Lipinski definition) is 1. The number of rotatable bonds is 6. The third-order valence-corrected chi connectivity index (χ3v) is 3.08. The van der Waals surface area contributed by atoms with Gasteiger partial charge in [-0.3, -0.25) is 19.3 Å². The minimum atomic E-state index is -0.817. The van der Waals surface area contributed by atoms with Gasteiger partial charge in [0.1, 0.15) is 12.4 Å². The average molecular weight is 294 g/mol. The zero-order valence-corrected chi connectivity index (χ0v) is 11.5. The molecule has 0 atom stereocenters. The number of anilines is 1. The fourth-order valence-electron chi connectivity index (χ4n) is 2.07. The number of hydrogen-bond acceptors (Lipinski definition) is 4. The van der Waals surface area contributed by atoms with Gasteiger partial charge in [-0.25, -0.2) is 4.39 Å². The molecule has 0 saturated heterocycles. The van der Waals surface area contributed by atoms with E-state index in [2.05, 4.69) is 5.32 Å². The first-order chi connectivity index (χ1) is 10.0. The lowest BCUT2D eigenvalue weighted by atomic mass is 10.1. The van der Waals surface area contributed by atoms with Crippen LogP contribution in [0.2, 0.25) is 0 Å². The molecule has 21 heavy (non-hydrogen) atoms. The molecule has 1 aromatic carbocycles.